The summed E-state index contributed by atoms with van der Waals surface area (Å²) in [6, 6.07) is 8.70. The van der Waals surface area contributed by atoms with Crippen molar-refractivity contribution < 1.29 is 32.6 Å². The van der Waals surface area contributed by atoms with E-state index < -0.39 is 28.7 Å². The third-order valence-electron chi connectivity index (χ3n) is 5.89. The van der Waals surface area contributed by atoms with Gasteiger partial charge in [0, 0.05) is 31.4 Å². The molecule has 3 rings (SSSR count). The number of sulfonamides is 1. The topological polar surface area (TPSA) is 107 Å². The van der Waals surface area contributed by atoms with Crippen molar-refractivity contribution in [3.63, 3.8) is 0 Å². The lowest BCUT2D eigenvalue weighted by atomic mass is 10.1. The number of nitrogens with zero attached hydrogens (tertiary/aromatic N) is 2. The molecule has 0 aliphatic carbocycles. The monoisotopic (exact) mass is 526 g/mol. The van der Waals surface area contributed by atoms with E-state index >= 15 is 0 Å². The fourth-order valence-electron chi connectivity index (χ4n) is 3.92. The first-order valence-corrected chi connectivity index (χ1v) is 13.9. The van der Waals surface area contributed by atoms with Crippen molar-refractivity contribution in [2.24, 2.45) is 0 Å². The number of unbranched alkanes of at least 4 members (excludes halogenated alkanes) is 1. The number of thioether (sulfide) groups is 1. The fraction of sp³-hybridized carbons (Fsp3) is 0.458. The molecule has 0 fully saturated rings. The largest absolute Gasteiger partial charge is 0.489 e. The van der Waals surface area contributed by atoms with Gasteiger partial charge in [-0.2, -0.15) is 4.31 Å². The molecule has 1 heterocycles. The van der Waals surface area contributed by atoms with Gasteiger partial charge in [0.05, 0.1) is 10.6 Å². The van der Waals surface area contributed by atoms with E-state index in [9.17, 15) is 22.7 Å². The van der Waals surface area contributed by atoms with Crippen LogP contribution >= 0.6 is 11.8 Å². The van der Waals surface area contributed by atoms with Crippen LogP contribution < -0.4 is 9.64 Å². The lowest BCUT2D eigenvalue weighted by Gasteiger charge is -2.29. The Morgan fingerprint density at radius 3 is 2.54 bits per heavy atom. The van der Waals surface area contributed by atoms with E-state index in [1.807, 2.05) is 18.7 Å². The van der Waals surface area contributed by atoms with E-state index in [-0.39, 0.29) is 22.5 Å². The smallest absolute Gasteiger partial charge is 0.336 e. The number of carboxylic acid groups (broad SMARTS) is 1. The van der Waals surface area contributed by atoms with Crippen LogP contribution in [0, 0.1) is 5.82 Å². The van der Waals surface area contributed by atoms with Crippen molar-refractivity contribution in [2.75, 3.05) is 30.9 Å². The average molecular weight is 527 g/mol. The number of fused-ring (bicyclic) bond motifs is 1. The number of carboxylic acids is 1. The molecule has 2 aromatic rings. The lowest BCUT2D eigenvalue weighted by molar-refractivity contribution is -0.148. The molecule has 0 amide bonds. The summed E-state index contributed by atoms with van der Waals surface area (Å²) in [5, 5.41) is 18.7. The summed E-state index contributed by atoms with van der Waals surface area (Å²) in [7, 11) is -2.39. The molecule has 2 atom stereocenters. The van der Waals surface area contributed by atoms with E-state index in [0.29, 0.717) is 35.0 Å². The Bertz CT molecular complexity index is 1140. The number of aliphatic hydroxyl groups excluding tert-OH is 1. The Labute approximate surface area is 209 Å². The molecule has 8 nitrogen and oxygen atoms in total. The molecule has 1 aliphatic heterocycles. The van der Waals surface area contributed by atoms with Gasteiger partial charge >= 0.3 is 5.97 Å². The zero-order valence-electron chi connectivity index (χ0n) is 20.0. The molecule has 192 valence electrons. The van der Waals surface area contributed by atoms with Gasteiger partial charge in [-0.3, -0.25) is 0 Å². The minimum absolute atomic E-state index is 0.00333. The van der Waals surface area contributed by atoms with Crippen molar-refractivity contribution in [2.45, 2.75) is 55.0 Å². The molecule has 0 aromatic heterocycles. The number of halogens is 1. The molecule has 2 aromatic carbocycles. The van der Waals surface area contributed by atoms with E-state index in [2.05, 4.69) is 0 Å². The van der Waals surface area contributed by atoms with E-state index in [0.717, 1.165) is 12.8 Å². The maximum absolute atomic E-state index is 13.7. The van der Waals surface area contributed by atoms with Crippen molar-refractivity contribution in [1.82, 2.24) is 4.31 Å². The van der Waals surface area contributed by atoms with Gasteiger partial charge in [-0.15, -0.1) is 11.8 Å². The molecule has 2 unspecified atom stereocenters. The highest BCUT2D eigenvalue weighted by Crippen LogP contribution is 2.44. The number of aliphatic hydroxyl groups is 1. The van der Waals surface area contributed by atoms with E-state index in [1.165, 1.54) is 34.3 Å². The van der Waals surface area contributed by atoms with Crippen LogP contribution in [0.4, 0.5) is 15.8 Å². The predicted molar refractivity (Wildman–Crippen MR) is 134 cm³/mol. The lowest BCUT2D eigenvalue weighted by Crippen LogP contribution is -2.40. The van der Waals surface area contributed by atoms with Crippen LogP contribution in [-0.2, 0) is 14.8 Å². The summed E-state index contributed by atoms with van der Waals surface area (Å²) < 4.78 is 48.1. The van der Waals surface area contributed by atoms with Crippen LogP contribution in [0.2, 0.25) is 0 Å². The Morgan fingerprint density at radius 1 is 1.26 bits per heavy atom. The number of ether oxygens (including phenoxy) is 1. The van der Waals surface area contributed by atoms with Crippen molar-refractivity contribution in [1.29, 1.82) is 0 Å². The average Bonchev–Trinajstić information content (AvgIpc) is 2.90. The molecule has 0 saturated heterocycles. The number of aliphatic carboxylic acids is 1. The Kier molecular flexibility index (Phi) is 9.03. The van der Waals surface area contributed by atoms with Crippen molar-refractivity contribution in [3.05, 3.63) is 42.2 Å². The molecule has 11 heteroatoms. The first-order chi connectivity index (χ1) is 16.6. The third kappa shape index (κ3) is 6.08. The normalized spacial score (nSPS) is 18.5. The van der Waals surface area contributed by atoms with Gasteiger partial charge in [0.2, 0.25) is 10.0 Å². The molecule has 0 radical (unpaired) electrons. The minimum atomic E-state index is -3.95. The van der Waals surface area contributed by atoms with Crippen LogP contribution in [0.3, 0.4) is 0 Å². The number of hydrogen-bond acceptors (Lipinski definition) is 7. The molecular weight excluding hydrogens is 495 g/mol. The summed E-state index contributed by atoms with van der Waals surface area (Å²) in [5.74, 6) is -0.991. The van der Waals surface area contributed by atoms with Crippen molar-refractivity contribution in [3.8, 4) is 5.75 Å². The van der Waals surface area contributed by atoms with E-state index in [1.54, 1.807) is 25.2 Å². The zero-order chi connectivity index (χ0) is 25.8. The van der Waals surface area contributed by atoms with Crippen LogP contribution in [-0.4, -0.2) is 67.0 Å². The Balaban J connectivity index is 2.19. The number of anilines is 2. The molecule has 0 bridgehead atoms. The van der Waals surface area contributed by atoms with Gasteiger partial charge in [-0.1, -0.05) is 26.7 Å². The van der Waals surface area contributed by atoms with Crippen LogP contribution in [0.25, 0.3) is 0 Å². The summed E-state index contributed by atoms with van der Waals surface area (Å²) in [6.45, 7) is 3.82. The number of hydrogen-bond donors (Lipinski definition) is 2. The van der Waals surface area contributed by atoms with Crippen LogP contribution in [0.5, 0.6) is 5.75 Å². The van der Waals surface area contributed by atoms with Gasteiger partial charge in [0.15, 0.2) is 6.10 Å². The molecule has 1 aliphatic rings. The molecule has 35 heavy (non-hydrogen) atoms. The van der Waals surface area contributed by atoms with Gasteiger partial charge in [0.25, 0.3) is 0 Å². The summed E-state index contributed by atoms with van der Waals surface area (Å²) >= 11 is 1.41. The number of rotatable bonds is 10. The SMILES string of the molecule is CCCCC1CN(c2ccc(F)cc2)c2cc(SCC)c(OCC(O)C(=O)O)cc2S(=O)(=O)N1C. The van der Waals surface area contributed by atoms with E-state index in [4.69, 9.17) is 9.84 Å². The first-order valence-electron chi connectivity index (χ1n) is 11.5. The minimum Gasteiger partial charge on any atom is -0.489 e. The summed E-state index contributed by atoms with van der Waals surface area (Å²) in [4.78, 5) is 13.5. The van der Waals surface area contributed by atoms with Crippen LogP contribution in [0.1, 0.15) is 33.1 Å². The Hall–Kier alpha value is -2.34. The summed E-state index contributed by atoms with van der Waals surface area (Å²) in [5.41, 5.74) is 1.09. The highest BCUT2D eigenvalue weighted by molar-refractivity contribution is 7.99. The molecule has 0 spiro atoms. The second kappa shape index (κ2) is 11.6. The van der Waals surface area contributed by atoms with Crippen LogP contribution in [0.15, 0.2) is 46.2 Å². The summed E-state index contributed by atoms with van der Waals surface area (Å²) in [6.07, 6.45) is 0.663. The molecule has 0 saturated carbocycles. The second-order valence-corrected chi connectivity index (χ2v) is 11.5. The van der Waals surface area contributed by atoms with Gasteiger partial charge in [-0.25, -0.2) is 17.6 Å². The zero-order valence-corrected chi connectivity index (χ0v) is 21.6. The van der Waals surface area contributed by atoms with Gasteiger partial charge in [-0.05, 0) is 42.5 Å². The number of likely N-dealkylation sites (N-methyl/N-ethyl adjacent to an activating group) is 1. The fourth-order valence-corrected chi connectivity index (χ4v) is 6.25. The molecular formula is C24H31FN2O6S2. The van der Waals surface area contributed by atoms with Crippen molar-refractivity contribution >= 4 is 39.1 Å². The van der Waals surface area contributed by atoms with Gasteiger partial charge < -0.3 is 19.8 Å². The van der Waals surface area contributed by atoms with Gasteiger partial charge in [0.1, 0.15) is 23.1 Å². The predicted octanol–water partition coefficient (Wildman–Crippen LogP) is 4.09. The quantitative estimate of drug-likeness (QED) is 0.446. The standard InChI is InChI=1S/C24H31FN2O6S2/c1-4-6-7-18-14-27(17-10-8-16(25)9-11-17)19-12-22(34-5-2)21(33-15-20(28)24(29)30)13-23(19)35(31,32)26(18)3/h8-13,18,20,28H,4-7,14-15H2,1-3H3,(H,29,30). The highest BCUT2D eigenvalue weighted by atomic mass is 32.2. The Morgan fingerprint density at radius 2 is 1.94 bits per heavy atom. The number of benzene rings is 2. The second-order valence-electron chi connectivity index (χ2n) is 8.27. The third-order valence-corrected chi connectivity index (χ3v) is 8.75. The maximum Gasteiger partial charge on any atom is 0.336 e. The first kappa shape index (κ1) is 27.3. The molecule has 2 N–H and O–H groups in total. The highest BCUT2D eigenvalue weighted by Gasteiger charge is 2.37. The maximum atomic E-state index is 13.7. The number of carbonyl (C=O) groups is 1.